The molecular formula is C15H18ClNO2S2. The quantitative estimate of drug-likeness (QED) is 0.770. The Kier molecular flexibility index (Phi) is 4.96. The monoisotopic (exact) mass is 343 g/mol. The van der Waals surface area contributed by atoms with E-state index in [9.17, 15) is 8.42 Å². The second-order valence-corrected chi connectivity index (χ2v) is 8.66. The lowest BCUT2D eigenvalue weighted by atomic mass is 10.1. The van der Waals surface area contributed by atoms with Gasteiger partial charge in [-0.15, -0.1) is 22.9 Å². The number of aryl methyl sites for hydroxylation is 3. The second kappa shape index (κ2) is 6.38. The van der Waals surface area contributed by atoms with Gasteiger partial charge in [0.2, 0.25) is 0 Å². The van der Waals surface area contributed by atoms with Gasteiger partial charge in [-0.05, 0) is 44.0 Å². The van der Waals surface area contributed by atoms with Crippen LogP contribution in [0.3, 0.4) is 0 Å². The summed E-state index contributed by atoms with van der Waals surface area (Å²) >= 11 is 6.98. The van der Waals surface area contributed by atoms with E-state index in [-0.39, 0.29) is 0 Å². The lowest BCUT2D eigenvalue weighted by molar-refractivity contribution is 0.596. The normalized spacial score (nSPS) is 11.6. The van der Waals surface area contributed by atoms with Crippen LogP contribution in [0.25, 0.3) is 0 Å². The van der Waals surface area contributed by atoms with Crippen molar-refractivity contribution in [3.8, 4) is 0 Å². The third kappa shape index (κ3) is 3.42. The minimum Gasteiger partial charge on any atom is -0.268 e. The molecule has 2 rings (SSSR count). The summed E-state index contributed by atoms with van der Waals surface area (Å²) in [5.74, 6) is 0.493. The van der Waals surface area contributed by atoms with E-state index in [0.717, 1.165) is 16.0 Å². The van der Waals surface area contributed by atoms with Gasteiger partial charge < -0.3 is 0 Å². The molecule has 0 amide bonds. The molecule has 3 nitrogen and oxygen atoms in total. The Morgan fingerprint density at radius 2 is 1.90 bits per heavy atom. The zero-order valence-electron chi connectivity index (χ0n) is 12.3. The number of thiophene rings is 1. The molecule has 1 aromatic heterocycles. The van der Waals surface area contributed by atoms with Crippen molar-refractivity contribution in [2.45, 2.75) is 24.5 Å². The van der Waals surface area contributed by atoms with Gasteiger partial charge in [-0.3, -0.25) is 4.31 Å². The predicted octanol–water partition coefficient (Wildman–Crippen LogP) is 3.97. The van der Waals surface area contributed by atoms with Crippen LogP contribution in [-0.4, -0.2) is 21.3 Å². The van der Waals surface area contributed by atoms with Crippen LogP contribution in [0, 0.1) is 13.8 Å². The molecular weight excluding hydrogens is 326 g/mol. The first-order chi connectivity index (χ1) is 9.86. The number of benzene rings is 1. The number of hydrogen-bond acceptors (Lipinski definition) is 3. The number of sulfonamides is 1. The highest BCUT2D eigenvalue weighted by molar-refractivity contribution is 7.94. The van der Waals surface area contributed by atoms with E-state index in [1.54, 1.807) is 13.1 Å². The molecule has 0 radical (unpaired) electrons. The molecule has 0 atom stereocenters. The fraction of sp³-hybridized carbons (Fsp3) is 0.333. The highest BCUT2D eigenvalue weighted by Gasteiger charge is 2.24. The maximum atomic E-state index is 12.7. The van der Waals surface area contributed by atoms with E-state index >= 15 is 0 Å². The number of alkyl halides is 1. The average molecular weight is 344 g/mol. The third-order valence-corrected chi connectivity index (χ3v) is 6.86. The Labute approximate surface area is 135 Å². The summed E-state index contributed by atoms with van der Waals surface area (Å²) in [6.07, 6.45) is 0.689. The zero-order valence-corrected chi connectivity index (χ0v) is 14.6. The Hall–Kier alpha value is -1.04. The van der Waals surface area contributed by atoms with Crippen molar-refractivity contribution >= 4 is 38.6 Å². The molecule has 0 aliphatic carbocycles. The van der Waals surface area contributed by atoms with Crippen molar-refractivity contribution in [1.82, 2.24) is 0 Å². The second-order valence-electron chi connectivity index (χ2n) is 4.92. The molecule has 21 heavy (non-hydrogen) atoms. The van der Waals surface area contributed by atoms with Crippen molar-refractivity contribution in [2.24, 2.45) is 0 Å². The van der Waals surface area contributed by atoms with Crippen molar-refractivity contribution in [1.29, 1.82) is 0 Å². The lowest BCUT2D eigenvalue weighted by Gasteiger charge is -2.20. The van der Waals surface area contributed by atoms with Gasteiger partial charge >= 0.3 is 0 Å². The van der Waals surface area contributed by atoms with Crippen LogP contribution >= 0.6 is 22.9 Å². The topological polar surface area (TPSA) is 37.4 Å². The molecule has 0 unspecified atom stereocenters. The molecule has 1 heterocycles. The lowest BCUT2D eigenvalue weighted by Crippen LogP contribution is -2.26. The highest BCUT2D eigenvalue weighted by atomic mass is 35.5. The van der Waals surface area contributed by atoms with Gasteiger partial charge in [0.25, 0.3) is 10.0 Å². The molecule has 0 fully saturated rings. The van der Waals surface area contributed by atoms with Gasteiger partial charge in [0, 0.05) is 17.8 Å². The summed E-state index contributed by atoms with van der Waals surface area (Å²) in [7, 11) is -1.92. The van der Waals surface area contributed by atoms with Crippen molar-refractivity contribution in [2.75, 3.05) is 17.2 Å². The largest absolute Gasteiger partial charge is 0.273 e. The fourth-order valence-corrected chi connectivity index (χ4v) is 5.25. The summed E-state index contributed by atoms with van der Waals surface area (Å²) in [5.41, 5.74) is 2.76. The molecule has 0 saturated heterocycles. The van der Waals surface area contributed by atoms with Gasteiger partial charge in [0.15, 0.2) is 0 Å². The van der Waals surface area contributed by atoms with E-state index < -0.39 is 10.0 Å². The first-order valence-corrected chi connectivity index (χ1v) is 9.36. The molecule has 1 aromatic carbocycles. The van der Waals surface area contributed by atoms with Crippen LogP contribution in [0.15, 0.2) is 34.5 Å². The first-order valence-electron chi connectivity index (χ1n) is 6.57. The summed E-state index contributed by atoms with van der Waals surface area (Å²) in [5, 5.41) is 0. The van der Waals surface area contributed by atoms with E-state index in [1.165, 1.54) is 15.6 Å². The van der Waals surface area contributed by atoms with Gasteiger partial charge in [-0.25, -0.2) is 8.42 Å². The maximum Gasteiger partial charge on any atom is 0.273 e. The molecule has 114 valence electrons. The molecule has 0 aliphatic rings. The Morgan fingerprint density at radius 1 is 1.19 bits per heavy atom. The van der Waals surface area contributed by atoms with Crippen LogP contribution in [0.1, 0.15) is 16.0 Å². The van der Waals surface area contributed by atoms with Crippen molar-refractivity contribution in [3.63, 3.8) is 0 Å². The fourth-order valence-electron chi connectivity index (χ4n) is 2.15. The molecule has 0 N–H and O–H groups in total. The van der Waals surface area contributed by atoms with Gasteiger partial charge in [-0.2, -0.15) is 0 Å². The minimum absolute atomic E-state index is 0.352. The van der Waals surface area contributed by atoms with Gasteiger partial charge in [-0.1, -0.05) is 17.7 Å². The van der Waals surface area contributed by atoms with E-state index in [0.29, 0.717) is 22.2 Å². The Morgan fingerprint density at radius 3 is 2.52 bits per heavy atom. The van der Waals surface area contributed by atoms with Gasteiger partial charge in [0.05, 0.1) is 5.69 Å². The summed E-state index contributed by atoms with van der Waals surface area (Å²) < 4.78 is 27.1. The van der Waals surface area contributed by atoms with Crippen LogP contribution in [-0.2, 0) is 16.4 Å². The molecule has 6 heteroatoms. The molecule has 2 aromatic rings. The standard InChI is InChI=1S/C15H18ClNO2S2/c1-11-4-6-14(12(2)10-11)17(3)21(18,19)15-7-5-13(20-15)8-9-16/h4-7,10H,8-9H2,1-3H3. The van der Waals surface area contributed by atoms with Crippen LogP contribution in [0.5, 0.6) is 0 Å². The minimum atomic E-state index is -3.52. The average Bonchev–Trinajstić information content (AvgIpc) is 2.88. The van der Waals surface area contributed by atoms with Crippen LogP contribution < -0.4 is 4.31 Å². The zero-order chi connectivity index (χ0) is 15.6. The van der Waals surface area contributed by atoms with E-state index in [2.05, 4.69) is 0 Å². The van der Waals surface area contributed by atoms with Crippen molar-refractivity contribution < 1.29 is 8.42 Å². The third-order valence-electron chi connectivity index (χ3n) is 3.28. The molecule has 0 saturated carbocycles. The van der Waals surface area contributed by atoms with Crippen LogP contribution in [0.4, 0.5) is 5.69 Å². The Bertz CT molecular complexity index is 738. The van der Waals surface area contributed by atoms with Crippen LogP contribution in [0.2, 0.25) is 0 Å². The van der Waals surface area contributed by atoms with Crippen molar-refractivity contribution in [3.05, 3.63) is 46.3 Å². The SMILES string of the molecule is Cc1ccc(N(C)S(=O)(=O)c2ccc(CCCl)s2)c(C)c1. The summed E-state index contributed by atoms with van der Waals surface area (Å²) in [4.78, 5) is 0.984. The van der Waals surface area contributed by atoms with Gasteiger partial charge in [0.1, 0.15) is 4.21 Å². The predicted molar refractivity (Wildman–Crippen MR) is 90.2 cm³/mol. The van der Waals surface area contributed by atoms with E-state index in [1.807, 2.05) is 38.1 Å². The van der Waals surface area contributed by atoms with E-state index in [4.69, 9.17) is 11.6 Å². The number of halogens is 1. The number of anilines is 1. The summed E-state index contributed by atoms with van der Waals surface area (Å²) in [6.45, 7) is 3.91. The smallest absolute Gasteiger partial charge is 0.268 e. The molecule has 0 aliphatic heterocycles. The summed E-state index contributed by atoms with van der Waals surface area (Å²) in [6, 6.07) is 9.23. The number of nitrogens with zero attached hydrogens (tertiary/aromatic N) is 1. The number of hydrogen-bond donors (Lipinski definition) is 0. The molecule has 0 spiro atoms. The Balaban J connectivity index is 2.37. The number of rotatable bonds is 5. The maximum absolute atomic E-state index is 12.7. The highest BCUT2D eigenvalue weighted by Crippen LogP contribution is 2.30. The molecule has 0 bridgehead atoms. The first kappa shape index (κ1) is 16.3.